The SMILES string of the molecule is COc1ccc(/C=C/c2cccc3c2NCCC(=O)N3)cc1. The van der Waals surface area contributed by atoms with Gasteiger partial charge in [0.2, 0.25) is 5.91 Å². The van der Waals surface area contributed by atoms with Crippen molar-refractivity contribution in [3.8, 4) is 5.75 Å². The lowest BCUT2D eigenvalue weighted by molar-refractivity contribution is -0.115. The van der Waals surface area contributed by atoms with Crippen LogP contribution < -0.4 is 15.4 Å². The van der Waals surface area contributed by atoms with Crippen LogP contribution in [0.25, 0.3) is 12.2 Å². The predicted octanol–water partition coefficient (Wildman–Crippen LogP) is 3.62. The van der Waals surface area contributed by atoms with Crippen molar-refractivity contribution in [2.45, 2.75) is 6.42 Å². The molecule has 2 N–H and O–H groups in total. The van der Waals surface area contributed by atoms with Crippen molar-refractivity contribution < 1.29 is 9.53 Å². The average Bonchev–Trinajstić information content (AvgIpc) is 2.74. The molecule has 4 heteroatoms. The summed E-state index contributed by atoms with van der Waals surface area (Å²) in [6, 6.07) is 13.8. The lowest BCUT2D eigenvalue weighted by Crippen LogP contribution is -2.10. The van der Waals surface area contributed by atoms with E-state index in [0.717, 1.165) is 28.3 Å². The van der Waals surface area contributed by atoms with E-state index < -0.39 is 0 Å². The molecule has 0 radical (unpaired) electrons. The maximum Gasteiger partial charge on any atom is 0.226 e. The van der Waals surface area contributed by atoms with Crippen molar-refractivity contribution in [3.63, 3.8) is 0 Å². The number of amides is 1. The summed E-state index contributed by atoms with van der Waals surface area (Å²) in [5.41, 5.74) is 3.95. The molecule has 1 aliphatic rings. The lowest BCUT2D eigenvalue weighted by Gasteiger charge is -2.10. The first-order valence-corrected chi connectivity index (χ1v) is 7.25. The molecule has 0 aromatic heterocycles. The van der Waals surface area contributed by atoms with Crippen LogP contribution >= 0.6 is 0 Å². The Kier molecular flexibility index (Phi) is 4.10. The number of methoxy groups -OCH3 is 1. The predicted molar refractivity (Wildman–Crippen MR) is 90.1 cm³/mol. The zero-order valence-corrected chi connectivity index (χ0v) is 12.4. The number of nitrogens with one attached hydrogen (secondary N) is 2. The van der Waals surface area contributed by atoms with Crippen molar-refractivity contribution >= 4 is 29.4 Å². The van der Waals surface area contributed by atoms with E-state index in [1.165, 1.54) is 0 Å². The summed E-state index contributed by atoms with van der Waals surface area (Å²) < 4.78 is 5.16. The van der Waals surface area contributed by atoms with E-state index in [1.807, 2.05) is 54.6 Å². The summed E-state index contributed by atoms with van der Waals surface area (Å²) in [4.78, 5) is 11.6. The van der Waals surface area contributed by atoms with Crippen molar-refractivity contribution in [2.75, 3.05) is 24.3 Å². The number of para-hydroxylation sites is 1. The molecule has 1 heterocycles. The van der Waals surface area contributed by atoms with Crippen LogP contribution in [0.5, 0.6) is 5.75 Å². The molecule has 0 spiro atoms. The summed E-state index contributed by atoms with van der Waals surface area (Å²) in [6.07, 6.45) is 4.57. The molecule has 2 aromatic carbocycles. The summed E-state index contributed by atoms with van der Waals surface area (Å²) >= 11 is 0. The highest BCUT2D eigenvalue weighted by atomic mass is 16.5. The molecule has 4 nitrogen and oxygen atoms in total. The first kappa shape index (κ1) is 14.2. The topological polar surface area (TPSA) is 50.4 Å². The van der Waals surface area contributed by atoms with E-state index in [9.17, 15) is 4.79 Å². The Bertz CT molecular complexity index is 706. The Labute approximate surface area is 129 Å². The summed E-state index contributed by atoms with van der Waals surface area (Å²) in [7, 11) is 1.66. The number of carbonyl (C=O) groups is 1. The highest BCUT2D eigenvalue weighted by Crippen LogP contribution is 2.29. The fraction of sp³-hybridized carbons (Fsp3) is 0.167. The molecule has 0 fully saturated rings. The standard InChI is InChI=1S/C18H18N2O2/c1-22-15-9-6-13(7-10-15)5-8-14-3-2-4-16-18(14)19-12-11-17(21)20-16/h2-10,19H,11-12H2,1H3,(H,20,21)/b8-5+. The summed E-state index contributed by atoms with van der Waals surface area (Å²) in [5, 5.41) is 6.25. The molecule has 0 aliphatic carbocycles. The van der Waals surface area contributed by atoms with E-state index in [1.54, 1.807) is 7.11 Å². The lowest BCUT2D eigenvalue weighted by atomic mass is 10.1. The second-order valence-electron chi connectivity index (χ2n) is 5.10. The third-order valence-electron chi connectivity index (χ3n) is 3.60. The largest absolute Gasteiger partial charge is 0.497 e. The maximum atomic E-state index is 11.6. The van der Waals surface area contributed by atoms with Crippen LogP contribution in [-0.4, -0.2) is 19.6 Å². The molecule has 0 bridgehead atoms. The highest BCUT2D eigenvalue weighted by molar-refractivity contribution is 5.98. The van der Waals surface area contributed by atoms with Gasteiger partial charge in [0.25, 0.3) is 0 Å². The van der Waals surface area contributed by atoms with Gasteiger partial charge in [0, 0.05) is 13.0 Å². The number of fused-ring (bicyclic) bond motifs is 1. The normalized spacial score (nSPS) is 14.0. The van der Waals surface area contributed by atoms with Gasteiger partial charge in [-0.05, 0) is 29.3 Å². The fourth-order valence-electron chi connectivity index (χ4n) is 2.43. The van der Waals surface area contributed by atoms with Crippen molar-refractivity contribution in [1.82, 2.24) is 0 Å². The minimum absolute atomic E-state index is 0.0440. The van der Waals surface area contributed by atoms with Gasteiger partial charge >= 0.3 is 0 Å². The van der Waals surface area contributed by atoms with E-state index in [0.29, 0.717) is 13.0 Å². The zero-order chi connectivity index (χ0) is 15.4. The number of hydrogen-bond donors (Lipinski definition) is 2. The van der Waals surface area contributed by atoms with Gasteiger partial charge in [0.15, 0.2) is 0 Å². The van der Waals surface area contributed by atoms with E-state index >= 15 is 0 Å². The highest BCUT2D eigenvalue weighted by Gasteiger charge is 2.13. The van der Waals surface area contributed by atoms with Crippen molar-refractivity contribution in [2.24, 2.45) is 0 Å². The van der Waals surface area contributed by atoms with E-state index in [2.05, 4.69) is 10.6 Å². The minimum Gasteiger partial charge on any atom is -0.497 e. The molecule has 1 aliphatic heterocycles. The van der Waals surface area contributed by atoms with Crippen LogP contribution in [0.2, 0.25) is 0 Å². The number of ether oxygens (including phenoxy) is 1. The molecule has 2 aromatic rings. The van der Waals surface area contributed by atoms with Gasteiger partial charge in [-0.3, -0.25) is 4.79 Å². The van der Waals surface area contributed by atoms with Crippen LogP contribution in [0.15, 0.2) is 42.5 Å². The Morgan fingerprint density at radius 2 is 1.91 bits per heavy atom. The molecule has 3 rings (SSSR count). The quantitative estimate of drug-likeness (QED) is 0.850. The van der Waals surface area contributed by atoms with Crippen molar-refractivity contribution in [3.05, 3.63) is 53.6 Å². The number of benzene rings is 2. The van der Waals surface area contributed by atoms with Crippen LogP contribution in [0.3, 0.4) is 0 Å². The van der Waals surface area contributed by atoms with Crippen molar-refractivity contribution in [1.29, 1.82) is 0 Å². The number of rotatable bonds is 3. The van der Waals surface area contributed by atoms with Gasteiger partial charge in [-0.1, -0.05) is 36.4 Å². The van der Waals surface area contributed by atoms with Crippen LogP contribution in [0.1, 0.15) is 17.5 Å². The zero-order valence-electron chi connectivity index (χ0n) is 12.4. The maximum absolute atomic E-state index is 11.6. The smallest absolute Gasteiger partial charge is 0.226 e. The van der Waals surface area contributed by atoms with Crippen LogP contribution in [-0.2, 0) is 4.79 Å². The van der Waals surface area contributed by atoms with Gasteiger partial charge in [-0.25, -0.2) is 0 Å². The molecule has 1 amide bonds. The Balaban J connectivity index is 1.87. The Hall–Kier alpha value is -2.75. The molecule has 0 saturated heterocycles. The Morgan fingerprint density at radius 1 is 1.09 bits per heavy atom. The van der Waals surface area contributed by atoms with Gasteiger partial charge in [-0.15, -0.1) is 0 Å². The summed E-state index contributed by atoms with van der Waals surface area (Å²) in [6.45, 7) is 0.645. The molecule has 0 atom stereocenters. The third-order valence-corrected chi connectivity index (χ3v) is 3.60. The fourth-order valence-corrected chi connectivity index (χ4v) is 2.43. The molecule has 0 saturated carbocycles. The van der Waals surface area contributed by atoms with Gasteiger partial charge in [0.1, 0.15) is 5.75 Å². The molecule has 22 heavy (non-hydrogen) atoms. The van der Waals surface area contributed by atoms with E-state index in [4.69, 9.17) is 4.74 Å². The molecular formula is C18H18N2O2. The average molecular weight is 294 g/mol. The van der Waals surface area contributed by atoms with Crippen LogP contribution in [0.4, 0.5) is 11.4 Å². The number of hydrogen-bond acceptors (Lipinski definition) is 3. The number of anilines is 2. The first-order valence-electron chi connectivity index (χ1n) is 7.25. The monoisotopic (exact) mass is 294 g/mol. The second kappa shape index (κ2) is 6.35. The summed E-state index contributed by atoms with van der Waals surface area (Å²) in [5.74, 6) is 0.887. The third kappa shape index (κ3) is 3.11. The van der Waals surface area contributed by atoms with Crippen LogP contribution in [0, 0.1) is 0 Å². The Morgan fingerprint density at radius 3 is 2.68 bits per heavy atom. The van der Waals surface area contributed by atoms with E-state index in [-0.39, 0.29) is 5.91 Å². The first-order chi connectivity index (χ1) is 10.8. The van der Waals surface area contributed by atoms with Gasteiger partial charge < -0.3 is 15.4 Å². The van der Waals surface area contributed by atoms with Gasteiger partial charge in [0.05, 0.1) is 18.5 Å². The minimum atomic E-state index is 0.0440. The second-order valence-corrected chi connectivity index (χ2v) is 5.10. The van der Waals surface area contributed by atoms with Gasteiger partial charge in [-0.2, -0.15) is 0 Å². The molecule has 112 valence electrons. The number of carbonyl (C=O) groups excluding carboxylic acids is 1. The molecular weight excluding hydrogens is 276 g/mol. The molecule has 0 unspecified atom stereocenters.